The number of carbonyl (C=O) groups excluding carboxylic acids is 1. The number of fused-ring (bicyclic) bond motifs is 5. The van der Waals surface area contributed by atoms with Gasteiger partial charge in [-0.1, -0.05) is 46.1 Å². The summed E-state index contributed by atoms with van der Waals surface area (Å²) < 4.78 is 34.9. The van der Waals surface area contributed by atoms with Crippen LogP contribution < -0.4 is 0 Å². The van der Waals surface area contributed by atoms with Gasteiger partial charge in [0.15, 0.2) is 5.78 Å². The van der Waals surface area contributed by atoms with Crippen LogP contribution in [-0.2, 0) is 19.4 Å². The van der Waals surface area contributed by atoms with E-state index in [1.54, 1.807) is 0 Å². The molecule has 0 amide bonds. The minimum absolute atomic E-state index is 0.00564. The Morgan fingerprint density at radius 3 is 2.41 bits per heavy atom. The van der Waals surface area contributed by atoms with Gasteiger partial charge in [0.25, 0.3) is 0 Å². The lowest BCUT2D eigenvalue weighted by atomic mass is 9.47. The summed E-state index contributed by atoms with van der Waals surface area (Å²) in [5.41, 5.74) is 1.67. The molecule has 4 aliphatic carbocycles. The van der Waals surface area contributed by atoms with Crippen LogP contribution >= 0.6 is 0 Å². The standard InChI is InChI=1S/C27H44O6S/c1-17(16-33-34(30,31)32)6-5-7-18(2)21-8-9-22-20-15-25(29)24-14-19(28)10-12-27(24,4)23(20)11-13-26(21,22)3/h15,17-19,21-24,28H,5-14,16H2,1-4H3,(H,30,31,32)/t17?,18-,19-,21-,22?,23?,24-,26-,27-/m1/s1. The molecule has 0 saturated heterocycles. The van der Waals surface area contributed by atoms with Gasteiger partial charge in [0.1, 0.15) is 0 Å². The van der Waals surface area contributed by atoms with Crippen molar-refractivity contribution in [3.63, 3.8) is 0 Å². The molecule has 34 heavy (non-hydrogen) atoms. The summed E-state index contributed by atoms with van der Waals surface area (Å²) in [4.78, 5) is 13.2. The van der Waals surface area contributed by atoms with Crippen molar-refractivity contribution < 1.29 is 27.1 Å². The van der Waals surface area contributed by atoms with E-state index in [9.17, 15) is 18.3 Å². The molecule has 7 heteroatoms. The summed E-state index contributed by atoms with van der Waals surface area (Å²) >= 11 is 0. The number of allylic oxidation sites excluding steroid dienone is 2. The van der Waals surface area contributed by atoms with E-state index in [0.717, 1.165) is 38.5 Å². The van der Waals surface area contributed by atoms with Crippen LogP contribution in [-0.4, -0.2) is 36.6 Å². The normalized spacial score (nSPS) is 41.8. The third-order valence-corrected chi connectivity index (χ3v) is 10.9. The van der Waals surface area contributed by atoms with Gasteiger partial charge < -0.3 is 5.11 Å². The fraction of sp³-hybridized carbons (Fsp3) is 0.889. The highest BCUT2D eigenvalue weighted by molar-refractivity contribution is 7.80. The zero-order valence-corrected chi connectivity index (χ0v) is 22.1. The smallest absolute Gasteiger partial charge is 0.393 e. The van der Waals surface area contributed by atoms with Crippen LogP contribution in [0.3, 0.4) is 0 Å². The Kier molecular flexibility index (Phi) is 7.43. The molecule has 2 N–H and O–H groups in total. The van der Waals surface area contributed by atoms with E-state index in [1.807, 2.05) is 13.0 Å². The summed E-state index contributed by atoms with van der Waals surface area (Å²) in [5, 5.41) is 10.2. The predicted molar refractivity (Wildman–Crippen MR) is 131 cm³/mol. The fourth-order valence-electron chi connectivity index (χ4n) is 8.59. The lowest BCUT2D eigenvalue weighted by molar-refractivity contribution is -0.132. The van der Waals surface area contributed by atoms with Gasteiger partial charge in [-0.25, -0.2) is 4.18 Å². The maximum absolute atomic E-state index is 13.2. The molecule has 0 aromatic heterocycles. The Balaban J connectivity index is 1.40. The summed E-state index contributed by atoms with van der Waals surface area (Å²) in [6.07, 6.45) is 11.8. The highest BCUT2D eigenvalue weighted by Crippen LogP contribution is 2.66. The first-order chi connectivity index (χ1) is 15.8. The van der Waals surface area contributed by atoms with E-state index < -0.39 is 10.4 Å². The maximum atomic E-state index is 13.2. The van der Waals surface area contributed by atoms with Crippen LogP contribution in [0.2, 0.25) is 0 Å². The largest absolute Gasteiger partial charge is 0.397 e. The fourth-order valence-corrected chi connectivity index (χ4v) is 9.00. The van der Waals surface area contributed by atoms with Crippen molar-refractivity contribution in [2.75, 3.05) is 6.61 Å². The van der Waals surface area contributed by atoms with Crippen molar-refractivity contribution in [2.45, 2.75) is 98.0 Å². The van der Waals surface area contributed by atoms with Crippen molar-refractivity contribution in [2.24, 2.45) is 46.3 Å². The first-order valence-electron chi connectivity index (χ1n) is 13.4. The molecule has 0 aromatic rings. The number of ketones is 1. The molecule has 3 unspecified atom stereocenters. The number of aliphatic hydroxyl groups is 1. The lowest BCUT2D eigenvalue weighted by Gasteiger charge is -2.57. The molecule has 9 atom stereocenters. The van der Waals surface area contributed by atoms with Crippen LogP contribution in [0.5, 0.6) is 0 Å². The van der Waals surface area contributed by atoms with Gasteiger partial charge in [-0.3, -0.25) is 9.35 Å². The molecule has 4 aliphatic rings. The van der Waals surface area contributed by atoms with Crippen molar-refractivity contribution in [3.05, 3.63) is 11.6 Å². The van der Waals surface area contributed by atoms with Gasteiger partial charge in [-0.05, 0) is 97.9 Å². The Morgan fingerprint density at radius 1 is 1.03 bits per heavy atom. The quantitative estimate of drug-likeness (QED) is 0.438. The summed E-state index contributed by atoms with van der Waals surface area (Å²) in [6.45, 7) is 9.13. The monoisotopic (exact) mass is 496 g/mol. The van der Waals surface area contributed by atoms with E-state index in [4.69, 9.17) is 4.55 Å². The Morgan fingerprint density at radius 2 is 1.71 bits per heavy atom. The minimum Gasteiger partial charge on any atom is -0.393 e. The number of aliphatic hydroxyl groups excluding tert-OH is 1. The molecule has 0 aromatic carbocycles. The van der Waals surface area contributed by atoms with Gasteiger partial charge in [0, 0.05) is 5.92 Å². The predicted octanol–water partition coefficient (Wildman–Crippen LogP) is 5.37. The van der Waals surface area contributed by atoms with E-state index in [0.29, 0.717) is 30.1 Å². The maximum Gasteiger partial charge on any atom is 0.397 e. The topological polar surface area (TPSA) is 101 Å². The molecule has 0 spiro atoms. The van der Waals surface area contributed by atoms with Crippen LogP contribution in [0.25, 0.3) is 0 Å². The molecule has 194 valence electrons. The van der Waals surface area contributed by atoms with Crippen LogP contribution in [0.1, 0.15) is 91.9 Å². The first kappa shape index (κ1) is 26.3. The molecule has 0 radical (unpaired) electrons. The molecular weight excluding hydrogens is 452 g/mol. The molecule has 3 saturated carbocycles. The second-order valence-electron chi connectivity index (χ2n) is 12.6. The van der Waals surface area contributed by atoms with Crippen molar-refractivity contribution in [1.29, 1.82) is 0 Å². The summed E-state index contributed by atoms with van der Waals surface area (Å²) in [6, 6.07) is 0. The van der Waals surface area contributed by atoms with Gasteiger partial charge in [-0.2, -0.15) is 8.42 Å². The average Bonchev–Trinajstić information content (AvgIpc) is 3.10. The lowest BCUT2D eigenvalue weighted by Crippen LogP contribution is -2.52. The first-order valence-corrected chi connectivity index (χ1v) is 14.8. The van der Waals surface area contributed by atoms with Gasteiger partial charge >= 0.3 is 10.4 Å². The van der Waals surface area contributed by atoms with E-state index in [1.165, 1.54) is 24.8 Å². The Bertz CT molecular complexity index is 912. The SMILES string of the molecule is CC(CCC[C@@H](C)[C@H]1CCC2C3=CC(=O)[C@H]4C[C@H](O)CC[C@]4(C)C3CC[C@@]21C)COS(=O)(=O)O. The highest BCUT2D eigenvalue weighted by atomic mass is 32.3. The number of carbonyl (C=O) groups is 1. The van der Waals surface area contributed by atoms with Crippen LogP contribution in [0, 0.1) is 46.3 Å². The van der Waals surface area contributed by atoms with E-state index >= 15 is 0 Å². The Hall–Kier alpha value is -0.760. The minimum atomic E-state index is -4.37. The molecular formula is C27H44O6S. The zero-order chi connectivity index (χ0) is 24.9. The third kappa shape index (κ3) is 4.91. The van der Waals surface area contributed by atoms with Crippen molar-refractivity contribution in [3.8, 4) is 0 Å². The second kappa shape index (κ2) is 9.60. The molecule has 3 fully saturated rings. The molecule has 0 heterocycles. The summed E-state index contributed by atoms with van der Waals surface area (Å²) in [5.74, 6) is 2.52. The highest BCUT2D eigenvalue weighted by Gasteiger charge is 2.59. The zero-order valence-electron chi connectivity index (χ0n) is 21.3. The second-order valence-corrected chi connectivity index (χ2v) is 13.7. The Labute approximate surface area is 205 Å². The average molecular weight is 497 g/mol. The summed E-state index contributed by atoms with van der Waals surface area (Å²) in [7, 11) is -4.37. The molecule has 0 bridgehead atoms. The van der Waals surface area contributed by atoms with Crippen molar-refractivity contribution >= 4 is 16.2 Å². The van der Waals surface area contributed by atoms with Crippen molar-refractivity contribution in [1.82, 2.24) is 0 Å². The van der Waals surface area contributed by atoms with Crippen LogP contribution in [0.15, 0.2) is 11.6 Å². The van der Waals surface area contributed by atoms with E-state index in [2.05, 4.69) is 25.0 Å². The van der Waals surface area contributed by atoms with Gasteiger partial charge in [0.2, 0.25) is 0 Å². The van der Waals surface area contributed by atoms with Gasteiger partial charge in [0.05, 0.1) is 12.7 Å². The molecule has 4 rings (SSSR count). The molecule has 0 aliphatic heterocycles. The number of hydrogen-bond acceptors (Lipinski definition) is 5. The molecule has 6 nitrogen and oxygen atoms in total. The van der Waals surface area contributed by atoms with E-state index in [-0.39, 0.29) is 41.2 Å². The number of hydrogen-bond donors (Lipinski definition) is 2. The van der Waals surface area contributed by atoms with Gasteiger partial charge in [-0.15, -0.1) is 0 Å². The van der Waals surface area contributed by atoms with Crippen LogP contribution in [0.4, 0.5) is 0 Å². The third-order valence-electron chi connectivity index (χ3n) is 10.5. The number of rotatable bonds is 8.